The minimum Gasteiger partial charge on any atom is -0.463 e. The SMILES string of the molecule is Cc1cc([N+](=O)[O-])c(C)cc1CC(N)=S.Cc1cc([N+](=O)[O-])c(C)cc1Cc1nc(CC(=O)OC(C)C)cs1. The molecule has 0 atom stereocenters. The number of nitrogens with two attached hydrogens (primary N) is 1. The molecule has 0 bridgehead atoms. The molecule has 0 aliphatic rings. The van der Waals surface area contributed by atoms with E-state index in [4.69, 9.17) is 22.7 Å². The molecule has 0 saturated carbocycles. The normalized spacial score (nSPS) is 10.5. The van der Waals surface area contributed by atoms with E-state index in [1.165, 1.54) is 11.3 Å². The summed E-state index contributed by atoms with van der Waals surface area (Å²) in [5.74, 6) is -0.288. The van der Waals surface area contributed by atoms with Crippen molar-refractivity contribution in [3.05, 3.63) is 94.0 Å². The fourth-order valence-corrected chi connectivity index (χ4v) is 4.78. The van der Waals surface area contributed by atoms with Gasteiger partial charge in [-0.1, -0.05) is 12.2 Å². The van der Waals surface area contributed by atoms with Crippen LogP contribution in [0, 0.1) is 47.9 Å². The van der Waals surface area contributed by atoms with Gasteiger partial charge in [-0.2, -0.15) is 0 Å². The number of nitro benzene ring substituents is 2. The molecule has 208 valence electrons. The molecular formula is C27H32N4O6S2. The van der Waals surface area contributed by atoms with Gasteiger partial charge >= 0.3 is 5.97 Å². The average molecular weight is 573 g/mol. The van der Waals surface area contributed by atoms with Crippen molar-refractivity contribution in [2.45, 2.75) is 66.9 Å². The fourth-order valence-electron chi connectivity index (χ4n) is 3.81. The first-order valence-electron chi connectivity index (χ1n) is 12.1. The van der Waals surface area contributed by atoms with E-state index in [1.54, 1.807) is 32.0 Å². The zero-order chi connectivity index (χ0) is 29.4. The van der Waals surface area contributed by atoms with Crippen LogP contribution >= 0.6 is 23.6 Å². The molecule has 0 amide bonds. The largest absolute Gasteiger partial charge is 0.463 e. The van der Waals surface area contributed by atoms with E-state index in [0.29, 0.717) is 34.7 Å². The van der Waals surface area contributed by atoms with Crippen molar-refractivity contribution in [2.24, 2.45) is 5.73 Å². The summed E-state index contributed by atoms with van der Waals surface area (Å²) in [4.78, 5) is 37.4. The second-order valence-corrected chi connectivity index (χ2v) is 10.9. The van der Waals surface area contributed by atoms with Crippen molar-refractivity contribution in [3.8, 4) is 0 Å². The Kier molecular flexibility index (Phi) is 11.2. The number of ether oxygens (including phenoxy) is 1. The molecule has 1 aromatic heterocycles. The zero-order valence-corrected chi connectivity index (χ0v) is 24.4. The van der Waals surface area contributed by atoms with Gasteiger partial charge in [0, 0.05) is 41.5 Å². The van der Waals surface area contributed by atoms with Crippen LogP contribution in [0.5, 0.6) is 0 Å². The molecule has 0 saturated heterocycles. The van der Waals surface area contributed by atoms with E-state index in [9.17, 15) is 25.0 Å². The number of nitrogens with zero attached hydrogens (tertiary/aromatic N) is 3. The van der Waals surface area contributed by atoms with Crippen LogP contribution in [-0.4, -0.2) is 31.9 Å². The molecule has 0 spiro atoms. The Bertz CT molecular complexity index is 1400. The number of carbonyl (C=O) groups excluding carboxylic acids is 1. The molecule has 3 aromatic rings. The topological polar surface area (TPSA) is 151 Å². The number of hydrogen-bond acceptors (Lipinski definition) is 9. The predicted molar refractivity (Wildman–Crippen MR) is 155 cm³/mol. The number of thiazole rings is 1. The summed E-state index contributed by atoms with van der Waals surface area (Å²) in [6.07, 6.45) is 1.10. The number of benzene rings is 2. The monoisotopic (exact) mass is 572 g/mol. The molecular weight excluding hydrogens is 540 g/mol. The van der Waals surface area contributed by atoms with Gasteiger partial charge in [-0.3, -0.25) is 25.0 Å². The Morgan fingerprint density at radius 2 is 1.46 bits per heavy atom. The molecule has 0 aliphatic heterocycles. The minimum atomic E-state index is -0.382. The van der Waals surface area contributed by atoms with Crippen molar-refractivity contribution < 1.29 is 19.4 Å². The number of hydrogen-bond donors (Lipinski definition) is 1. The minimum absolute atomic E-state index is 0.132. The third kappa shape index (κ3) is 9.48. The lowest BCUT2D eigenvalue weighted by Crippen LogP contribution is -2.13. The van der Waals surface area contributed by atoms with Crippen LogP contribution in [0.2, 0.25) is 0 Å². The number of aryl methyl sites for hydroxylation is 4. The van der Waals surface area contributed by atoms with Gasteiger partial charge in [0.2, 0.25) is 0 Å². The summed E-state index contributed by atoms with van der Waals surface area (Å²) in [5.41, 5.74) is 11.3. The molecule has 12 heteroatoms. The first-order valence-corrected chi connectivity index (χ1v) is 13.4. The van der Waals surface area contributed by atoms with Gasteiger partial charge in [-0.25, -0.2) is 4.98 Å². The smallest absolute Gasteiger partial charge is 0.312 e. The van der Waals surface area contributed by atoms with Gasteiger partial charge in [-0.05, 0) is 75.9 Å². The predicted octanol–water partition coefficient (Wildman–Crippen LogP) is 5.79. The van der Waals surface area contributed by atoms with Crippen molar-refractivity contribution in [2.75, 3.05) is 0 Å². The number of esters is 1. The van der Waals surface area contributed by atoms with Crippen LogP contribution < -0.4 is 5.73 Å². The zero-order valence-electron chi connectivity index (χ0n) is 22.8. The molecule has 0 radical (unpaired) electrons. The lowest BCUT2D eigenvalue weighted by atomic mass is 10.0. The molecule has 1 heterocycles. The molecule has 2 N–H and O–H groups in total. The summed E-state index contributed by atoms with van der Waals surface area (Å²) >= 11 is 6.29. The summed E-state index contributed by atoms with van der Waals surface area (Å²) in [6.45, 7) is 10.7. The van der Waals surface area contributed by atoms with Crippen molar-refractivity contribution >= 4 is 45.9 Å². The van der Waals surface area contributed by atoms with Crippen LogP contribution in [0.4, 0.5) is 11.4 Å². The number of aromatic nitrogens is 1. The molecule has 39 heavy (non-hydrogen) atoms. The maximum atomic E-state index is 11.7. The number of carbonyl (C=O) groups is 1. The lowest BCUT2D eigenvalue weighted by Gasteiger charge is -2.07. The highest BCUT2D eigenvalue weighted by atomic mass is 32.1. The highest BCUT2D eigenvalue weighted by molar-refractivity contribution is 7.80. The van der Waals surface area contributed by atoms with Gasteiger partial charge in [-0.15, -0.1) is 11.3 Å². The van der Waals surface area contributed by atoms with Gasteiger partial charge in [0.1, 0.15) is 0 Å². The van der Waals surface area contributed by atoms with Crippen LogP contribution in [0.1, 0.15) is 57.9 Å². The standard InChI is InChI=1S/C17H20N2O4S.C10H12N2O2S/c1-10(2)23-17(20)8-14-9-24-16(18-14)7-13-5-12(4)15(19(21)22)6-11(13)3;1-6-4-9(12(13)14)7(2)3-8(6)5-10(11)15/h5-6,9-10H,7-8H2,1-4H3;3-4H,5H2,1-2H3,(H2,11,15). The second kappa shape index (κ2) is 13.9. The number of thiocarbonyl (C=S) groups is 1. The molecule has 2 aromatic carbocycles. The van der Waals surface area contributed by atoms with Crippen molar-refractivity contribution in [1.29, 1.82) is 0 Å². The van der Waals surface area contributed by atoms with Crippen LogP contribution in [0.15, 0.2) is 29.6 Å². The summed E-state index contributed by atoms with van der Waals surface area (Å²) in [6, 6.07) is 6.76. The number of nitro groups is 2. The van der Waals surface area contributed by atoms with Crippen LogP contribution in [-0.2, 0) is 28.8 Å². The Labute approximate surface area is 236 Å². The van der Waals surface area contributed by atoms with Crippen LogP contribution in [0.3, 0.4) is 0 Å². The lowest BCUT2D eigenvalue weighted by molar-refractivity contribution is -0.385. The van der Waals surface area contributed by atoms with E-state index >= 15 is 0 Å². The third-order valence-electron chi connectivity index (χ3n) is 5.70. The van der Waals surface area contributed by atoms with E-state index in [-0.39, 0.29) is 39.7 Å². The van der Waals surface area contributed by atoms with Crippen LogP contribution in [0.25, 0.3) is 0 Å². The van der Waals surface area contributed by atoms with E-state index in [0.717, 1.165) is 27.3 Å². The Hall–Kier alpha value is -3.77. The maximum Gasteiger partial charge on any atom is 0.312 e. The highest BCUT2D eigenvalue weighted by Gasteiger charge is 2.16. The summed E-state index contributed by atoms with van der Waals surface area (Å²) in [5, 5.41) is 24.4. The van der Waals surface area contributed by atoms with E-state index < -0.39 is 0 Å². The van der Waals surface area contributed by atoms with Gasteiger partial charge in [0.05, 0.1) is 38.1 Å². The van der Waals surface area contributed by atoms with E-state index in [1.807, 2.05) is 39.1 Å². The molecule has 10 nitrogen and oxygen atoms in total. The van der Waals surface area contributed by atoms with Crippen molar-refractivity contribution in [1.82, 2.24) is 4.98 Å². The average Bonchev–Trinajstić information content (AvgIpc) is 3.23. The highest BCUT2D eigenvalue weighted by Crippen LogP contribution is 2.26. The summed E-state index contributed by atoms with van der Waals surface area (Å²) < 4.78 is 5.11. The molecule has 3 rings (SSSR count). The van der Waals surface area contributed by atoms with Gasteiger partial charge in [0.25, 0.3) is 11.4 Å². The summed E-state index contributed by atoms with van der Waals surface area (Å²) in [7, 11) is 0. The second-order valence-electron chi connectivity index (χ2n) is 9.41. The first-order chi connectivity index (χ1) is 18.2. The number of rotatable bonds is 9. The Morgan fingerprint density at radius 1 is 0.949 bits per heavy atom. The fraction of sp³-hybridized carbons (Fsp3) is 0.370. The quantitative estimate of drug-likeness (QED) is 0.145. The molecule has 0 fully saturated rings. The van der Waals surface area contributed by atoms with Crippen molar-refractivity contribution in [3.63, 3.8) is 0 Å². The van der Waals surface area contributed by atoms with E-state index in [2.05, 4.69) is 4.98 Å². The molecule has 0 aliphatic carbocycles. The molecule has 0 unspecified atom stereocenters. The maximum absolute atomic E-state index is 11.7. The van der Waals surface area contributed by atoms with Gasteiger partial charge < -0.3 is 10.5 Å². The Balaban J connectivity index is 0.000000306. The first kappa shape index (κ1) is 31.4. The Morgan fingerprint density at radius 3 is 1.95 bits per heavy atom. The third-order valence-corrected chi connectivity index (χ3v) is 6.74. The van der Waals surface area contributed by atoms with Gasteiger partial charge in [0.15, 0.2) is 0 Å².